The molecule has 4 aromatic rings. The second-order valence-electron chi connectivity index (χ2n) is 12.0. The summed E-state index contributed by atoms with van der Waals surface area (Å²) >= 11 is 1.71. The molecule has 2 atom stereocenters. The Morgan fingerprint density at radius 3 is 2.66 bits per heavy atom. The topological polar surface area (TPSA) is 120 Å². The van der Waals surface area contributed by atoms with Crippen molar-refractivity contribution in [2.75, 3.05) is 49.1 Å². The van der Waals surface area contributed by atoms with E-state index in [-0.39, 0.29) is 28.3 Å². The Kier molecular flexibility index (Phi) is 6.00. The fourth-order valence-corrected chi connectivity index (χ4v) is 7.53. The third-order valence-corrected chi connectivity index (χ3v) is 10.1. The number of nitrogens with zero attached hydrogens (tertiary/aromatic N) is 8. The molecule has 1 unspecified atom stereocenters. The Hall–Kier alpha value is -4.06. The number of hydrogen-bond acceptors (Lipinski definition) is 9. The molecule has 0 aliphatic carbocycles. The molecule has 1 amide bonds. The number of aromatic carboxylic acids is 1. The van der Waals surface area contributed by atoms with Crippen LogP contribution in [-0.4, -0.2) is 85.7 Å². The number of amides is 1. The van der Waals surface area contributed by atoms with Crippen molar-refractivity contribution in [2.24, 2.45) is 5.41 Å². The number of carbonyl (C=O) groups excluding carboxylic acids is 1. The lowest BCUT2D eigenvalue weighted by molar-refractivity contribution is 0.0689. The number of hydrogen-bond donors (Lipinski definition) is 1. The monoisotopic (exact) mass is 572 g/mol. The van der Waals surface area contributed by atoms with E-state index in [9.17, 15) is 14.7 Å². The van der Waals surface area contributed by atoms with Crippen LogP contribution in [0.25, 0.3) is 5.65 Å². The Bertz CT molecular complexity index is 1650. The molecule has 7 heterocycles. The van der Waals surface area contributed by atoms with Gasteiger partial charge in [0.25, 0.3) is 5.91 Å². The molecule has 0 aromatic carbocycles. The number of likely N-dealkylation sites (tertiary alicyclic amines) is 1. The molecule has 212 valence electrons. The number of thiazole rings is 1. The predicted octanol–water partition coefficient (Wildman–Crippen LogP) is 3.50. The number of carbonyl (C=O) groups is 2. The van der Waals surface area contributed by atoms with E-state index in [1.807, 2.05) is 35.7 Å². The smallest absolute Gasteiger partial charge is 0.354 e. The Labute approximate surface area is 241 Å². The van der Waals surface area contributed by atoms with Gasteiger partial charge in [0, 0.05) is 61.7 Å². The SMILES string of the molecule is Cc1cc(N2CCC(C)(c3nccs3)C2)cn2nc(C(=O)N3CC[C@@]4(CCN(c5cccc(C(=O)O)n5)C4)C3)nc12. The second-order valence-corrected chi connectivity index (χ2v) is 12.9. The third kappa shape index (κ3) is 4.50. The van der Waals surface area contributed by atoms with Crippen molar-refractivity contribution in [3.8, 4) is 0 Å². The summed E-state index contributed by atoms with van der Waals surface area (Å²) in [5.41, 5.74) is 2.78. The summed E-state index contributed by atoms with van der Waals surface area (Å²) in [5, 5.41) is 17.2. The Morgan fingerprint density at radius 2 is 1.85 bits per heavy atom. The highest BCUT2D eigenvalue weighted by molar-refractivity contribution is 7.09. The first-order valence-corrected chi connectivity index (χ1v) is 14.9. The van der Waals surface area contributed by atoms with Crippen LogP contribution in [0.3, 0.4) is 0 Å². The summed E-state index contributed by atoms with van der Waals surface area (Å²) < 4.78 is 1.75. The fraction of sp³-hybridized carbons (Fsp3) is 0.448. The van der Waals surface area contributed by atoms with Gasteiger partial charge in [-0.05, 0) is 49.9 Å². The maximum Gasteiger partial charge on any atom is 0.354 e. The van der Waals surface area contributed by atoms with Gasteiger partial charge >= 0.3 is 5.97 Å². The van der Waals surface area contributed by atoms with Crippen molar-refractivity contribution in [2.45, 2.75) is 38.5 Å². The second kappa shape index (κ2) is 9.51. The first-order chi connectivity index (χ1) is 19.7. The van der Waals surface area contributed by atoms with E-state index in [0.29, 0.717) is 24.6 Å². The van der Waals surface area contributed by atoms with Crippen molar-refractivity contribution in [3.05, 3.63) is 64.1 Å². The van der Waals surface area contributed by atoms with E-state index >= 15 is 0 Å². The van der Waals surface area contributed by atoms with Crippen LogP contribution in [0.15, 0.2) is 42.0 Å². The van der Waals surface area contributed by atoms with Crippen LogP contribution in [0.1, 0.15) is 57.9 Å². The maximum absolute atomic E-state index is 13.6. The average Bonchev–Trinajstić information content (AvgIpc) is 3.80. The molecule has 0 radical (unpaired) electrons. The average molecular weight is 573 g/mol. The third-order valence-electron chi connectivity index (χ3n) is 9.02. The van der Waals surface area contributed by atoms with E-state index < -0.39 is 5.97 Å². The van der Waals surface area contributed by atoms with Crippen LogP contribution in [0, 0.1) is 12.3 Å². The largest absolute Gasteiger partial charge is 0.477 e. The van der Waals surface area contributed by atoms with Crippen molar-refractivity contribution in [1.82, 2.24) is 29.5 Å². The normalized spacial score (nSPS) is 24.3. The lowest BCUT2D eigenvalue weighted by Gasteiger charge is -2.24. The summed E-state index contributed by atoms with van der Waals surface area (Å²) in [4.78, 5) is 44.9. The molecule has 41 heavy (non-hydrogen) atoms. The molecular weight excluding hydrogens is 540 g/mol. The Morgan fingerprint density at radius 1 is 1.02 bits per heavy atom. The summed E-state index contributed by atoms with van der Waals surface area (Å²) in [6.45, 7) is 8.92. The number of aryl methyl sites for hydroxylation is 1. The number of anilines is 2. The Balaban J connectivity index is 1.06. The van der Waals surface area contributed by atoms with Gasteiger partial charge in [-0.3, -0.25) is 4.79 Å². The minimum Gasteiger partial charge on any atom is -0.477 e. The lowest BCUT2D eigenvalue weighted by Crippen LogP contribution is -2.34. The summed E-state index contributed by atoms with van der Waals surface area (Å²) in [7, 11) is 0. The highest BCUT2D eigenvalue weighted by atomic mass is 32.1. The summed E-state index contributed by atoms with van der Waals surface area (Å²) in [6.07, 6.45) is 6.70. The zero-order chi connectivity index (χ0) is 28.4. The summed E-state index contributed by atoms with van der Waals surface area (Å²) in [5.74, 6) is -0.282. The zero-order valence-electron chi connectivity index (χ0n) is 23.2. The van der Waals surface area contributed by atoms with E-state index in [0.717, 1.165) is 56.7 Å². The molecule has 1 spiro atoms. The first-order valence-electron chi connectivity index (χ1n) is 14.0. The number of rotatable bonds is 5. The summed E-state index contributed by atoms with van der Waals surface area (Å²) in [6, 6.07) is 7.22. The van der Waals surface area contributed by atoms with Crippen LogP contribution in [0.2, 0.25) is 0 Å². The fourth-order valence-electron chi connectivity index (χ4n) is 6.70. The number of fused-ring (bicyclic) bond motifs is 1. The predicted molar refractivity (Wildman–Crippen MR) is 155 cm³/mol. The van der Waals surface area contributed by atoms with Crippen molar-refractivity contribution in [1.29, 1.82) is 0 Å². The lowest BCUT2D eigenvalue weighted by atomic mass is 9.86. The maximum atomic E-state index is 13.6. The minimum absolute atomic E-state index is 0.0250. The van der Waals surface area contributed by atoms with Crippen LogP contribution in [0.4, 0.5) is 11.5 Å². The molecule has 3 aliphatic rings. The van der Waals surface area contributed by atoms with E-state index in [1.165, 1.54) is 11.1 Å². The van der Waals surface area contributed by atoms with Crippen molar-refractivity contribution >= 4 is 40.4 Å². The molecule has 4 aromatic heterocycles. The number of aromatic nitrogens is 5. The highest BCUT2D eigenvalue weighted by Crippen LogP contribution is 2.41. The molecule has 3 aliphatic heterocycles. The van der Waals surface area contributed by atoms with Crippen LogP contribution in [0.5, 0.6) is 0 Å². The standard InChI is InChI=1S/C29H32N8O3S/c1-19-14-20(34-10-6-28(2,16-34)27-30-9-13-41-27)15-37-24(19)32-23(33-37)25(38)36-12-8-29(18-36)7-11-35(17-29)22-5-3-4-21(31-22)26(39)40/h3-5,9,13-15H,6-8,10-12,16-18H2,1-2H3,(H,39,40)/t28?,29-/m1/s1. The molecule has 7 rings (SSSR count). The van der Waals surface area contributed by atoms with Crippen molar-refractivity contribution < 1.29 is 14.7 Å². The van der Waals surface area contributed by atoms with Gasteiger partial charge in [0.1, 0.15) is 10.8 Å². The molecule has 11 nitrogen and oxygen atoms in total. The van der Waals surface area contributed by atoms with Crippen LogP contribution < -0.4 is 9.80 Å². The number of carboxylic acid groups (broad SMARTS) is 1. The highest BCUT2D eigenvalue weighted by Gasteiger charge is 2.46. The molecular formula is C29H32N8O3S. The van der Waals surface area contributed by atoms with Gasteiger partial charge in [-0.1, -0.05) is 13.0 Å². The number of pyridine rings is 2. The van der Waals surface area contributed by atoms with Crippen LogP contribution in [-0.2, 0) is 5.41 Å². The molecule has 12 heteroatoms. The number of carboxylic acids is 1. The first kappa shape index (κ1) is 25.9. The van der Waals surface area contributed by atoms with Gasteiger partial charge in [-0.25, -0.2) is 24.3 Å². The van der Waals surface area contributed by atoms with Gasteiger partial charge in [-0.2, -0.15) is 0 Å². The molecule has 3 fully saturated rings. The zero-order valence-corrected chi connectivity index (χ0v) is 24.0. The van der Waals surface area contributed by atoms with Gasteiger partial charge in [0.05, 0.1) is 11.9 Å². The van der Waals surface area contributed by atoms with E-state index in [2.05, 4.69) is 42.8 Å². The molecule has 3 saturated heterocycles. The quantitative estimate of drug-likeness (QED) is 0.383. The molecule has 1 N–H and O–H groups in total. The van der Waals surface area contributed by atoms with Gasteiger partial charge < -0.3 is 19.8 Å². The van der Waals surface area contributed by atoms with E-state index in [1.54, 1.807) is 21.9 Å². The van der Waals surface area contributed by atoms with Gasteiger partial charge in [-0.15, -0.1) is 16.4 Å². The van der Waals surface area contributed by atoms with Gasteiger partial charge in [0.2, 0.25) is 5.82 Å². The molecule has 0 bridgehead atoms. The minimum atomic E-state index is -1.03. The van der Waals surface area contributed by atoms with Crippen LogP contribution >= 0.6 is 11.3 Å². The van der Waals surface area contributed by atoms with Gasteiger partial charge in [0.15, 0.2) is 11.3 Å². The molecule has 0 saturated carbocycles. The van der Waals surface area contributed by atoms with E-state index in [4.69, 9.17) is 0 Å². The van der Waals surface area contributed by atoms with Crippen molar-refractivity contribution in [3.63, 3.8) is 0 Å².